The lowest BCUT2D eigenvalue weighted by atomic mass is 10.1. The Labute approximate surface area is 158 Å². The Morgan fingerprint density at radius 3 is 2.56 bits per heavy atom. The fourth-order valence-electron chi connectivity index (χ4n) is 2.42. The maximum Gasteiger partial charge on any atom is 0.363 e. The van der Waals surface area contributed by atoms with Gasteiger partial charge in [-0.25, -0.2) is 9.79 Å². The fourth-order valence-corrected chi connectivity index (χ4v) is 2.61. The van der Waals surface area contributed by atoms with Crippen LogP contribution in [0, 0.1) is 10.1 Å². The summed E-state index contributed by atoms with van der Waals surface area (Å²) in [7, 11) is 3.02. The molecule has 0 radical (unpaired) electrons. The van der Waals surface area contributed by atoms with Gasteiger partial charge in [-0.3, -0.25) is 10.1 Å². The molecule has 0 atom stereocenters. The van der Waals surface area contributed by atoms with Crippen LogP contribution in [0.3, 0.4) is 0 Å². The summed E-state index contributed by atoms with van der Waals surface area (Å²) in [6.07, 6.45) is 1.50. The second-order valence-electron chi connectivity index (χ2n) is 5.37. The van der Waals surface area contributed by atoms with Crippen molar-refractivity contribution in [2.24, 2.45) is 4.99 Å². The predicted octanol–water partition coefficient (Wildman–Crippen LogP) is 3.61. The van der Waals surface area contributed by atoms with Crippen LogP contribution >= 0.6 is 11.6 Å². The van der Waals surface area contributed by atoms with Crippen LogP contribution in [0.5, 0.6) is 11.5 Å². The maximum absolute atomic E-state index is 12.1. The molecule has 0 amide bonds. The van der Waals surface area contributed by atoms with Crippen LogP contribution in [-0.2, 0) is 9.53 Å². The number of carbonyl (C=O) groups excluding carboxylic acids is 1. The molecule has 1 aliphatic heterocycles. The van der Waals surface area contributed by atoms with Gasteiger partial charge in [0.15, 0.2) is 17.2 Å². The van der Waals surface area contributed by atoms with E-state index in [1.54, 1.807) is 18.2 Å². The Kier molecular flexibility index (Phi) is 5.09. The van der Waals surface area contributed by atoms with Gasteiger partial charge in [0.1, 0.15) is 0 Å². The van der Waals surface area contributed by atoms with Gasteiger partial charge in [0.2, 0.25) is 5.90 Å². The molecular formula is C18H13ClN2O6. The second-order valence-corrected chi connectivity index (χ2v) is 5.78. The number of esters is 1. The minimum Gasteiger partial charge on any atom is -0.493 e. The van der Waals surface area contributed by atoms with Crippen molar-refractivity contribution in [2.45, 2.75) is 0 Å². The van der Waals surface area contributed by atoms with E-state index in [-0.39, 0.29) is 27.9 Å². The number of halogens is 1. The Balaban J connectivity index is 1.99. The van der Waals surface area contributed by atoms with E-state index >= 15 is 0 Å². The van der Waals surface area contributed by atoms with E-state index in [1.165, 1.54) is 38.5 Å². The average Bonchev–Trinajstić information content (AvgIpc) is 3.02. The molecule has 0 bridgehead atoms. The van der Waals surface area contributed by atoms with Gasteiger partial charge in [-0.1, -0.05) is 17.7 Å². The largest absolute Gasteiger partial charge is 0.493 e. The van der Waals surface area contributed by atoms with Gasteiger partial charge in [0, 0.05) is 12.1 Å². The highest BCUT2D eigenvalue weighted by Gasteiger charge is 2.27. The second kappa shape index (κ2) is 7.46. The number of carbonyl (C=O) groups is 1. The molecule has 0 N–H and O–H groups in total. The molecule has 3 rings (SSSR count). The predicted molar refractivity (Wildman–Crippen MR) is 98.3 cm³/mol. The van der Waals surface area contributed by atoms with E-state index < -0.39 is 10.9 Å². The molecule has 8 nitrogen and oxygen atoms in total. The van der Waals surface area contributed by atoms with Gasteiger partial charge in [-0.15, -0.1) is 0 Å². The van der Waals surface area contributed by atoms with E-state index in [1.807, 2.05) is 0 Å². The third-order valence-electron chi connectivity index (χ3n) is 3.72. The number of nitro groups is 1. The lowest BCUT2D eigenvalue weighted by molar-refractivity contribution is -0.384. The van der Waals surface area contributed by atoms with Gasteiger partial charge < -0.3 is 14.2 Å². The van der Waals surface area contributed by atoms with Crippen molar-refractivity contribution in [1.29, 1.82) is 0 Å². The summed E-state index contributed by atoms with van der Waals surface area (Å²) in [6.45, 7) is 0. The summed E-state index contributed by atoms with van der Waals surface area (Å²) >= 11 is 6.06. The quantitative estimate of drug-likeness (QED) is 0.335. The zero-order valence-corrected chi connectivity index (χ0v) is 15.0. The van der Waals surface area contributed by atoms with Crippen LogP contribution in [0.1, 0.15) is 11.1 Å². The zero-order chi connectivity index (χ0) is 19.6. The number of nitrogens with zero attached hydrogens (tertiary/aromatic N) is 2. The molecule has 1 heterocycles. The summed E-state index contributed by atoms with van der Waals surface area (Å²) in [4.78, 5) is 26.6. The first-order valence-electron chi connectivity index (χ1n) is 7.62. The summed E-state index contributed by atoms with van der Waals surface area (Å²) in [5, 5.41) is 11.1. The van der Waals surface area contributed by atoms with Crippen LogP contribution in [-0.4, -0.2) is 31.0 Å². The van der Waals surface area contributed by atoms with Crippen molar-refractivity contribution in [1.82, 2.24) is 0 Å². The smallest absolute Gasteiger partial charge is 0.363 e. The van der Waals surface area contributed by atoms with E-state index in [4.69, 9.17) is 25.8 Å². The molecule has 27 heavy (non-hydrogen) atoms. The average molecular weight is 389 g/mol. The summed E-state index contributed by atoms with van der Waals surface area (Å²) in [5.74, 6) is 0.244. The highest BCUT2D eigenvalue weighted by Crippen LogP contribution is 2.30. The number of hydrogen-bond donors (Lipinski definition) is 0. The molecule has 9 heteroatoms. The fraction of sp³-hybridized carbons (Fsp3) is 0.111. The van der Waals surface area contributed by atoms with Crippen LogP contribution in [0.2, 0.25) is 5.02 Å². The van der Waals surface area contributed by atoms with Crippen molar-refractivity contribution in [2.75, 3.05) is 14.2 Å². The number of ether oxygens (including phenoxy) is 3. The molecule has 0 fully saturated rings. The number of methoxy groups -OCH3 is 2. The SMILES string of the molecule is COc1ccc(/C=C2\N=C(c3cc([N+](=O)[O-])ccc3Cl)OC2=O)cc1OC. The first kappa shape index (κ1) is 18.4. The van der Waals surface area contributed by atoms with Crippen LogP contribution < -0.4 is 9.47 Å². The highest BCUT2D eigenvalue weighted by atomic mass is 35.5. The number of non-ortho nitro benzene ring substituents is 1. The number of rotatable bonds is 5. The van der Waals surface area contributed by atoms with Gasteiger partial charge >= 0.3 is 5.97 Å². The Bertz CT molecular complexity index is 999. The molecule has 2 aromatic carbocycles. The molecule has 0 aliphatic carbocycles. The highest BCUT2D eigenvalue weighted by molar-refractivity contribution is 6.34. The number of nitro benzene ring substituents is 1. The molecule has 0 spiro atoms. The van der Waals surface area contributed by atoms with E-state index in [2.05, 4.69) is 4.99 Å². The van der Waals surface area contributed by atoms with E-state index in [9.17, 15) is 14.9 Å². The zero-order valence-electron chi connectivity index (χ0n) is 14.3. The normalized spacial score (nSPS) is 14.7. The van der Waals surface area contributed by atoms with E-state index in [0.29, 0.717) is 17.1 Å². The maximum atomic E-state index is 12.1. The molecule has 1 aliphatic rings. The molecule has 0 aromatic heterocycles. The topological polar surface area (TPSA) is 100 Å². The molecule has 0 unspecified atom stereocenters. The molecule has 0 saturated carbocycles. The first-order chi connectivity index (χ1) is 12.9. The third-order valence-corrected chi connectivity index (χ3v) is 4.05. The Morgan fingerprint density at radius 2 is 1.89 bits per heavy atom. The number of aliphatic imine (C=N–C) groups is 1. The molecular weight excluding hydrogens is 376 g/mol. The Morgan fingerprint density at radius 1 is 1.15 bits per heavy atom. The van der Waals surface area contributed by atoms with Gasteiger partial charge in [-0.05, 0) is 29.8 Å². The standard InChI is InChI=1S/C18H13ClN2O6/c1-25-15-6-3-10(8-16(15)26-2)7-14-18(22)27-17(20-14)12-9-11(21(23)24)4-5-13(12)19/h3-9H,1-2H3/b14-7-. The minimum absolute atomic E-state index is 0.0276. The molecule has 2 aromatic rings. The van der Waals surface area contributed by atoms with Crippen molar-refractivity contribution in [3.05, 3.63) is 68.4 Å². The lowest BCUT2D eigenvalue weighted by Crippen LogP contribution is -2.06. The summed E-state index contributed by atoms with van der Waals surface area (Å²) in [5.41, 5.74) is 0.634. The van der Waals surface area contributed by atoms with Gasteiger partial charge in [-0.2, -0.15) is 0 Å². The van der Waals surface area contributed by atoms with E-state index in [0.717, 1.165) is 0 Å². The van der Waals surface area contributed by atoms with Gasteiger partial charge in [0.05, 0.1) is 29.7 Å². The van der Waals surface area contributed by atoms with Crippen LogP contribution in [0.25, 0.3) is 6.08 Å². The van der Waals surface area contributed by atoms with Crippen molar-refractivity contribution >= 4 is 35.2 Å². The lowest BCUT2D eigenvalue weighted by Gasteiger charge is -2.07. The van der Waals surface area contributed by atoms with Crippen LogP contribution in [0.15, 0.2) is 47.1 Å². The summed E-state index contributed by atoms with van der Waals surface area (Å²) < 4.78 is 15.5. The number of benzene rings is 2. The number of cyclic esters (lactones) is 1. The third kappa shape index (κ3) is 3.75. The Hall–Kier alpha value is -3.39. The minimum atomic E-state index is -0.692. The van der Waals surface area contributed by atoms with Gasteiger partial charge in [0.25, 0.3) is 5.69 Å². The molecule has 0 saturated heterocycles. The molecule has 138 valence electrons. The summed E-state index contributed by atoms with van der Waals surface area (Å²) in [6, 6.07) is 8.88. The monoisotopic (exact) mass is 388 g/mol. The van der Waals surface area contributed by atoms with Crippen molar-refractivity contribution in [3.63, 3.8) is 0 Å². The first-order valence-corrected chi connectivity index (χ1v) is 7.99. The van der Waals surface area contributed by atoms with Crippen molar-refractivity contribution in [3.8, 4) is 11.5 Å². The number of hydrogen-bond acceptors (Lipinski definition) is 7. The van der Waals surface area contributed by atoms with Crippen molar-refractivity contribution < 1.29 is 23.9 Å². The van der Waals surface area contributed by atoms with Crippen LogP contribution in [0.4, 0.5) is 5.69 Å².